The van der Waals surface area contributed by atoms with E-state index >= 15 is 0 Å². The summed E-state index contributed by atoms with van der Waals surface area (Å²) >= 11 is 0.889. The maximum Gasteiger partial charge on any atom is 0.290 e. The van der Waals surface area contributed by atoms with Crippen LogP contribution in [0, 0.1) is 13.8 Å². The Kier molecular flexibility index (Phi) is 2.93. The van der Waals surface area contributed by atoms with Crippen molar-refractivity contribution in [2.24, 2.45) is 0 Å². The van der Waals surface area contributed by atoms with Gasteiger partial charge < -0.3 is 5.11 Å². The van der Waals surface area contributed by atoms with Gasteiger partial charge >= 0.3 is 0 Å². The molecule has 5 heteroatoms. The molecular formula is C12H11NO3S. The van der Waals surface area contributed by atoms with Crippen molar-refractivity contribution in [2.75, 3.05) is 0 Å². The summed E-state index contributed by atoms with van der Waals surface area (Å²) in [4.78, 5) is 22.8. The van der Waals surface area contributed by atoms with E-state index in [0.717, 1.165) is 28.5 Å². The first-order chi connectivity index (χ1) is 7.97. The second-order valence-corrected chi connectivity index (χ2v) is 4.86. The molecule has 0 aliphatic carbocycles. The Morgan fingerprint density at radius 1 is 1.24 bits per heavy atom. The highest BCUT2D eigenvalue weighted by atomic mass is 32.2. The molecule has 4 nitrogen and oxygen atoms in total. The number of amides is 2. The normalized spacial score (nSPS) is 17.6. The quantitative estimate of drug-likeness (QED) is 0.750. The van der Waals surface area contributed by atoms with Crippen molar-refractivity contribution in [3.8, 4) is 5.75 Å². The van der Waals surface area contributed by atoms with Gasteiger partial charge in [0.25, 0.3) is 11.1 Å². The average Bonchev–Trinajstić information content (AvgIpc) is 2.51. The Morgan fingerprint density at radius 2 is 1.82 bits per heavy atom. The monoisotopic (exact) mass is 249 g/mol. The largest absolute Gasteiger partial charge is 0.508 e. The van der Waals surface area contributed by atoms with E-state index in [1.54, 1.807) is 18.2 Å². The number of phenols is 1. The van der Waals surface area contributed by atoms with E-state index in [0.29, 0.717) is 4.91 Å². The van der Waals surface area contributed by atoms with Gasteiger partial charge in [-0.05, 0) is 60.5 Å². The van der Waals surface area contributed by atoms with Gasteiger partial charge in [0.2, 0.25) is 0 Å². The smallest absolute Gasteiger partial charge is 0.290 e. The third kappa shape index (κ3) is 2.34. The molecule has 0 unspecified atom stereocenters. The summed E-state index contributed by atoms with van der Waals surface area (Å²) in [5.41, 5.74) is 2.58. The predicted octanol–water partition coefficient (Wildman–Crippen LogP) is 2.33. The number of benzene rings is 1. The molecule has 1 saturated heterocycles. The van der Waals surface area contributed by atoms with Crippen molar-refractivity contribution >= 4 is 29.0 Å². The lowest BCUT2D eigenvalue weighted by atomic mass is 10.0. The van der Waals surface area contributed by atoms with Gasteiger partial charge in [0.1, 0.15) is 5.75 Å². The summed E-state index contributed by atoms with van der Waals surface area (Å²) < 4.78 is 0. The van der Waals surface area contributed by atoms with Crippen molar-refractivity contribution in [1.82, 2.24) is 5.32 Å². The third-order valence-electron chi connectivity index (χ3n) is 2.50. The van der Waals surface area contributed by atoms with Crippen molar-refractivity contribution < 1.29 is 14.7 Å². The summed E-state index contributed by atoms with van der Waals surface area (Å²) in [6.45, 7) is 3.69. The number of phenolic OH excluding ortho intramolecular Hbond substituents is 1. The van der Waals surface area contributed by atoms with Crippen LogP contribution in [0.1, 0.15) is 16.7 Å². The number of aryl methyl sites for hydroxylation is 2. The van der Waals surface area contributed by atoms with Crippen molar-refractivity contribution in [1.29, 1.82) is 0 Å². The predicted molar refractivity (Wildman–Crippen MR) is 66.7 cm³/mol. The van der Waals surface area contributed by atoms with Crippen LogP contribution in [-0.2, 0) is 4.79 Å². The molecule has 0 radical (unpaired) electrons. The van der Waals surface area contributed by atoms with Crippen LogP contribution in [0.5, 0.6) is 5.75 Å². The van der Waals surface area contributed by atoms with Crippen molar-refractivity contribution in [3.05, 3.63) is 33.7 Å². The Labute approximate surface area is 103 Å². The molecule has 0 spiro atoms. The van der Waals surface area contributed by atoms with Crippen LogP contribution < -0.4 is 5.32 Å². The summed E-state index contributed by atoms with van der Waals surface area (Å²) in [5.74, 6) is -0.173. The Hall–Kier alpha value is -1.75. The highest BCUT2D eigenvalue weighted by Crippen LogP contribution is 2.29. The van der Waals surface area contributed by atoms with Gasteiger partial charge in [-0.25, -0.2) is 0 Å². The van der Waals surface area contributed by atoms with Crippen LogP contribution in [0.4, 0.5) is 4.79 Å². The fraction of sp³-hybridized carbons (Fsp3) is 0.167. The zero-order valence-electron chi connectivity index (χ0n) is 9.40. The molecule has 0 aromatic heterocycles. The van der Waals surface area contributed by atoms with Crippen molar-refractivity contribution in [3.63, 3.8) is 0 Å². The molecule has 2 amide bonds. The van der Waals surface area contributed by atoms with Gasteiger partial charge in [0.15, 0.2) is 0 Å². The highest BCUT2D eigenvalue weighted by Gasteiger charge is 2.25. The van der Waals surface area contributed by atoms with E-state index in [1.807, 2.05) is 13.8 Å². The number of carbonyl (C=O) groups is 2. The second-order valence-electron chi connectivity index (χ2n) is 3.85. The minimum absolute atomic E-state index is 0.196. The SMILES string of the molecule is Cc1cc(O)cc(C)c1C=C1SC(=O)NC1=O. The molecule has 1 aromatic rings. The van der Waals surface area contributed by atoms with E-state index < -0.39 is 0 Å². The Balaban J connectivity index is 2.46. The number of carbonyl (C=O) groups excluding carboxylic acids is 2. The summed E-state index contributed by atoms with van der Waals surface area (Å²) in [6.07, 6.45) is 1.68. The van der Waals surface area contributed by atoms with Crippen LogP contribution in [0.25, 0.3) is 6.08 Å². The lowest BCUT2D eigenvalue weighted by Gasteiger charge is -2.06. The van der Waals surface area contributed by atoms with E-state index in [-0.39, 0.29) is 16.9 Å². The average molecular weight is 249 g/mol. The number of thioether (sulfide) groups is 1. The maximum absolute atomic E-state index is 11.4. The fourth-order valence-corrected chi connectivity index (χ4v) is 2.40. The third-order valence-corrected chi connectivity index (χ3v) is 3.31. The molecule has 1 fully saturated rings. The van der Waals surface area contributed by atoms with E-state index in [1.165, 1.54) is 0 Å². The number of aromatic hydroxyl groups is 1. The molecule has 2 rings (SSSR count). The fourth-order valence-electron chi connectivity index (χ4n) is 1.73. The first-order valence-electron chi connectivity index (χ1n) is 5.02. The Bertz CT molecular complexity index is 526. The standard InChI is InChI=1S/C12H11NO3S/c1-6-3-8(14)4-7(2)9(6)5-10-11(15)13-12(16)17-10/h3-5,14H,1-2H3,(H,13,15,16). The number of hydrogen-bond acceptors (Lipinski definition) is 4. The van der Waals surface area contributed by atoms with Gasteiger partial charge in [-0.1, -0.05) is 0 Å². The molecule has 88 valence electrons. The molecule has 1 aliphatic rings. The molecule has 1 aliphatic heterocycles. The molecule has 0 bridgehead atoms. The van der Waals surface area contributed by atoms with E-state index in [9.17, 15) is 14.7 Å². The van der Waals surface area contributed by atoms with Crippen LogP contribution in [0.2, 0.25) is 0 Å². The first-order valence-corrected chi connectivity index (χ1v) is 5.84. The number of rotatable bonds is 1. The van der Waals surface area contributed by atoms with Crippen LogP contribution in [0.15, 0.2) is 17.0 Å². The number of nitrogens with one attached hydrogen (secondary N) is 1. The summed E-state index contributed by atoms with van der Waals surface area (Å²) in [7, 11) is 0. The molecule has 17 heavy (non-hydrogen) atoms. The zero-order valence-corrected chi connectivity index (χ0v) is 10.2. The molecule has 0 atom stereocenters. The summed E-state index contributed by atoms with van der Waals surface area (Å²) in [6, 6.07) is 3.25. The Morgan fingerprint density at radius 3 is 2.29 bits per heavy atom. The van der Waals surface area contributed by atoms with Gasteiger partial charge in [0.05, 0.1) is 4.91 Å². The van der Waals surface area contributed by atoms with Gasteiger partial charge in [0, 0.05) is 0 Å². The van der Waals surface area contributed by atoms with Gasteiger partial charge in [-0.15, -0.1) is 0 Å². The topological polar surface area (TPSA) is 66.4 Å². The first kappa shape index (κ1) is 11.7. The molecule has 0 saturated carbocycles. The summed E-state index contributed by atoms with van der Waals surface area (Å²) in [5, 5.41) is 11.3. The minimum atomic E-state index is -0.369. The van der Waals surface area contributed by atoms with Gasteiger partial charge in [-0.2, -0.15) is 0 Å². The number of imide groups is 1. The van der Waals surface area contributed by atoms with E-state index in [4.69, 9.17) is 0 Å². The highest BCUT2D eigenvalue weighted by molar-refractivity contribution is 8.18. The number of hydrogen-bond donors (Lipinski definition) is 2. The minimum Gasteiger partial charge on any atom is -0.508 e. The zero-order chi connectivity index (χ0) is 12.6. The molecule has 1 heterocycles. The molecule has 1 aromatic carbocycles. The van der Waals surface area contributed by atoms with Gasteiger partial charge in [-0.3, -0.25) is 14.9 Å². The molecular weight excluding hydrogens is 238 g/mol. The van der Waals surface area contributed by atoms with Crippen LogP contribution in [-0.4, -0.2) is 16.3 Å². The molecule has 2 N–H and O–H groups in total. The van der Waals surface area contributed by atoms with Crippen molar-refractivity contribution in [2.45, 2.75) is 13.8 Å². The van der Waals surface area contributed by atoms with Crippen LogP contribution >= 0.6 is 11.8 Å². The lowest BCUT2D eigenvalue weighted by Crippen LogP contribution is -2.17. The van der Waals surface area contributed by atoms with E-state index in [2.05, 4.69) is 5.32 Å². The van der Waals surface area contributed by atoms with Crippen LogP contribution in [0.3, 0.4) is 0 Å². The maximum atomic E-state index is 11.4. The lowest BCUT2D eigenvalue weighted by molar-refractivity contribution is -0.115. The second kappa shape index (κ2) is 4.25.